The van der Waals surface area contributed by atoms with Crippen LogP contribution in [-0.2, 0) is 17.6 Å². The molecule has 1 aromatic heterocycles. The van der Waals surface area contributed by atoms with Crippen LogP contribution < -0.4 is 5.32 Å². The number of nitrogens with one attached hydrogen (secondary N) is 1. The Balaban J connectivity index is 1.40. The fraction of sp³-hybridized carbons (Fsp3) is 0.450. The van der Waals surface area contributed by atoms with Crippen molar-refractivity contribution in [1.82, 2.24) is 5.32 Å². The first-order chi connectivity index (χ1) is 11.2. The number of rotatable bonds is 4. The minimum absolute atomic E-state index is 0.0626. The summed E-state index contributed by atoms with van der Waals surface area (Å²) in [6, 6.07) is 10.6. The van der Waals surface area contributed by atoms with Crippen LogP contribution >= 0.6 is 0 Å². The SMILES string of the molecule is C[C@H](NC(=O)[C@@H]1C[C@H]1c1ccco1)c1ccc2c(c1)CCCC2. The molecule has 0 unspecified atom stereocenters. The van der Waals surface area contributed by atoms with Gasteiger partial charge in [0.1, 0.15) is 5.76 Å². The van der Waals surface area contributed by atoms with E-state index < -0.39 is 0 Å². The Morgan fingerprint density at radius 1 is 1.22 bits per heavy atom. The molecule has 0 aliphatic heterocycles. The maximum absolute atomic E-state index is 12.4. The van der Waals surface area contributed by atoms with Crippen molar-refractivity contribution in [2.24, 2.45) is 5.92 Å². The van der Waals surface area contributed by atoms with Crippen LogP contribution in [-0.4, -0.2) is 5.91 Å². The maximum atomic E-state index is 12.4. The summed E-state index contributed by atoms with van der Waals surface area (Å²) in [4.78, 5) is 12.4. The van der Waals surface area contributed by atoms with Crippen LogP contribution in [0.2, 0.25) is 0 Å². The Labute approximate surface area is 137 Å². The Morgan fingerprint density at radius 3 is 2.83 bits per heavy atom. The molecule has 0 radical (unpaired) electrons. The summed E-state index contributed by atoms with van der Waals surface area (Å²) in [6.45, 7) is 2.08. The molecule has 2 aliphatic carbocycles. The number of amides is 1. The molecule has 4 rings (SSSR count). The Morgan fingerprint density at radius 2 is 2.04 bits per heavy atom. The van der Waals surface area contributed by atoms with Gasteiger partial charge in [-0.05, 0) is 67.9 Å². The van der Waals surface area contributed by atoms with Gasteiger partial charge in [-0.1, -0.05) is 18.2 Å². The lowest BCUT2D eigenvalue weighted by atomic mass is 9.89. The lowest BCUT2D eigenvalue weighted by molar-refractivity contribution is -0.123. The molecule has 0 saturated heterocycles. The average molecular weight is 309 g/mol. The number of hydrogen-bond donors (Lipinski definition) is 1. The van der Waals surface area contributed by atoms with Crippen molar-refractivity contribution in [3.05, 3.63) is 59.0 Å². The molecule has 23 heavy (non-hydrogen) atoms. The summed E-state index contributed by atoms with van der Waals surface area (Å²) in [5.41, 5.74) is 4.17. The molecule has 2 aromatic rings. The molecule has 1 fully saturated rings. The van der Waals surface area contributed by atoms with Crippen molar-refractivity contribution in [3.63, 3.8) is 0 Å². The number of aryl methyl sites for hydroxylation is 2. The van der Waals surface area contributed by atoms with E-state index in [9.17, 15) is 4.79 Å². The van der Waals surface area contributed by atoms with E-state index in [4.69, 9.17) is 4.42 Å². The molecule has 1 heterocycles. The van der Waals surface area contributed by atoms with Gasteiger partial charge in [-0.2, -0.15) is 0 Å². The van der Waals surface area contributed by atoms with E-state index in [1.54, 1.807) is 6.26 Å². The second-order valence-corrected chi connectivity index (χ2v) is 6.93. The Hall–Kier alpha value is -2.03. The fourth-order valence-electron chi connectivity index (χ4n) is 3.73. The first-order valence-corrected chi connectivity index (χ1v) is 8.68. The Kier molecular flexibility index (Phi) is 3.72. The molecule has 1 N–H and O–H groups in total. The molecule has 2 aliphatic rings. The molecule has 120 valence electrons. The third-order valence-electron chi connectivity index (χ3n) is 5.27. The number of furan rings is 1. The van der Waals surface area contributed by atoms with E-state index in [1.165, 1.54) is 42.4 Å². The largest absolute Gasteiger partial charge is 0.469 e. The number of carbonyl (C=O) groups is 1. The summed E-state index contributed by atoms with van der Waals surface area (Å²) in [7, 11) is 0. The van der Waals surface area contributed by atoms with Crippen molar-refractivity contribution < 1.29 is 9.21 Å². The van der Waals surface area contributed by atoms with Gasteiger partial charge in [0.05, 0.1) is 12.3 Å². The van der Waals surface area contributed by atoms with Crippen LogP contribution in [0.4, 0.5) is 0 Å². The molecule has 0 spiro atoms. The van der Waals surface area contributed by atoms with E-state index in [1.807, 2.05) is 12.1 Å². The molecule has 0 bridgehead atoms. The zero-order valence-corrected chi connectivity index (χ0v) is 13.5. The molecule has 1 aromatic carbocycles. The van der Waals surface area contributed by atoms with E-state index in [0.717, 1.165) is 12.2 Å². The number of fused-ring (bicyclic) bond motifs is 1. The second kappa shape index (κ2) is 5.88. The quantitative estimate of drug-likeness (QED) is 0.922. The fourth-order valence-corrected chi connectivity index (χ4v) is 3.73. The normalized spacial score (nSPS) is 23.9. The summed E-state index contributed by atoms with van der Waals surface area (Å²) in [5, 5.41) is 3.18. The summed E-state index contributed by atoms with van der Waals surface area (Å²) >= 11 is 0. The number of benzene rings is 1. The topological polar surface area (TPSA) is 42.2 Å². The van der Waals surface area contributed by atoms with Gasteiger partial charge in [0, 0.05) is 11.8 Å². The van der Waals surface area contributed by atoms with Gasteiger partial charge in [0.25, 0.3) is 0 Å². The summed E-state index contributed by atoms with van der Waals surface area (Å²) < 4.78 is 5.41. The molecule has 3 heteroatoms. The molecular weight excluding hydrogens is 286 g/mol. The highest BCUT2D eigenvalue weighted by Crippen LogP contribution is 2.47. The van der Waals surface area contributed by atoms with Crippen LogP contribution in [0.5, 0.6) is 0 Å². The van der Waals surface area contributed by atoms with E-state index >= 15 is 0 Å². The molecule has 1 amide bonds. The predicted octanol–water partition coefficient (Wildman–Crippen LogP) is 4.14. The minimum atomic E-state index is 0.0626. The van der Waals surface area contributed by atoms with Crippen LogP contribution in [0, 0.1) is 5.92 Å². The van der Waals surface area contributed by atoms with Crippen molar-refractivity contribution in [1.29, 1.82) is 0 Å². The standard InChI is InChI=1S/C20H23NO2/c1-13(15-9-8-14-5-2-3-6-16(14)11-15)21-20(22)18-12-17(18)19-7-4-10-23-19/h4,7-11,13,17-18H,2-3,5-6,12H2,1H3,(H,21,22)/t13-,17+,18+/m0/s1. The van der Waals surface area contributed by atoms with E-state index in [-0.39, 0.29) is 23.8 Å². The third kappa shape index (κ3) is 2.92. The van der Waals surface area contributed by atoms with Crippen molar-refractivity contribution in [3.8, 4) is 0 Å². The zero-order chi connectivity index (χ0) is 15.8. The van der Waals surface area contributed by atoms with Gasteiger partial charge in [0.2, 0.25) is 5.91 Å². The maximum Gasteiger partial charge on any atom is 0.224 e. The first kappa shape index (κ1) is 14.6. The predicted molar refractivity (Wildman–Crippen MR) is 89.2 cm³/mol. The van der Waals surface area contributed by atoms with Gasteiger partial charge < -0.3 is 9.73 Å². The zero-order valence-electron chi connectivity index (χ0n) is 13.5. The highest BCUT2D eigenvalue weighted by atomic mass is 16.3. The third-order valence-corrected chi connectivity index (χ3v) is 5.27. The van der Waals surface area contributed by atoms with Crippen molar-refractivity contribution in [2.45, 2.75) is 51.0 Å². The van der Waals surface area contributed by atoms with Crippen LogP contribution in [0.3, 0.4) is 0 Å². The van der Waals surface area contributed by atoms with Gasteiger partial charge in [0.15, 0.2) is 0 Å². The van der Waals surface area contributed by atoms with Crippen molar-refractivity contribution in [2.75, 3.05) is 0 Å². The first-order valence-electron chi connectivity index (χ1n) is 8.68. The summed E-state index contributed by atoms with van der Waals surface area (Å²) in [5.74, 6) is 1.42. The molecular formula is C20H23NO2. The highest BCUT2D eigenvalue weighted by Gasteiger charge is 2.46. The Bertz CT molecular complexity index is 704. The van der Waals surface area contributed by atoms with Gasteiger partial charge >= 0.3 is 0 Å². The number of hydrogen-bond acceptors (Lipinski definition) is 2. The monoisotopic (exact) mass is 309 g/mol. The van der Waals surface area contributed by atoms with Crippen LogP contribution in [0.1, 0.15) is 60.6 Å². The summed E-state index contributed by atoms with van der Waals surface area (Å²) in [6.07, 6.45) is 7.53. The number of carbonyl (C=O) groups excluding carboxylic acids is 1. The van der Waals surface area contributed by atoms with Crippen LogP contribution in [0.25, 0.3) is 0 Å². The minimum Gasteiger partial charge on any atom is -0.469 e. The van der Waals surface area contributed by atoms with Gasteiger partial charge in [-0.25, -0.2) is 0 Å². The molecule has 3 atom stereocenters. The molecule has 1 saturated carbocycles. The van der Waals surface area contributed by atoms with Crippen LogP contribution in [0.15, 0.2) is 41.0 Å². The average Bonchev–Trinajstić information content (AvgIpc) is 3.20. The van der Waals surface area contributed by atoms with Crippen molar-refractivity contribution >= 4 is 5.91 Å². The lowest BCUT2D eigenvalue weighted by Gasteiger charge is -2.20. The molecule has 3 nitrogen and oxygen atoms in total. The van der Waals surface area contributed by atoms with Gasteiger partial charge in [-0.3, -0.25) is 4.79 Å². The second-order valence-electron chi connectivity index (χ2n) is 6.93. The highest BCUT2D eigenvalue weighted by molar-refractivity contribution is 5.83. The van der Waals surface area contributed by atoms with Gasteiger partial charge in [-0.15, -0.1) is 0 Å². The van der Waals surface area contributed by atoms with E-state index in [2.05, 4.69) is 30.4 Å². The smallest absolute Gasteiger partial charge is 0.224 e. The lowest BCUT2D eigenvalue weighted by Crippen LogP contribution is -2.28. The van der Waals surface area contributed by atoms with E-state index in [0.29, 0.717) is 0 Å².